The zero-order chi connectivity index (χ0) is 22.7. The molecule has 0 fully saturated rings. The maximum absolute atomic E-state index is 12.3. The van der Waals surface area contributed by atoms with E-state index in [1.807, 2.05) is 19.3 Å². The smallest absolute Gasteiger partial charge is 0.285 e. The van der Waals surface area contributed by atoms with Crippen LogP contribution >= 0.6 is 11.8 Å². The van der Waals surface area contributed by atoms with Crippen molar-refractivity contribution in [3.8, 4) is 11.1 Å². The van der Waals surface area contributed by atoms with E-state index >= 15 is 0 Å². The fourth-order valence-electron chi connectivity index (χ4n) is 2.78. The topological polar surface area (TPSA) is 152 Å². The van der Waals surface area contributed by atoms with Gasteiger partial charge in [0.1, 0.15) is 0 Å². The Kier molecular flexibility index (Phi) is 5.88. The molecule has 0 unspecified atom stereocenters. The third-order valence-electron chi connectivity index (χ3n) is 4.25. The van der Waals surface area contributed by atoms with Crippen molar-refractivity contribution < 1.29 is 8.42 Å². The van der Waals surface area contributed by atoms with Gasteiger partial charge in [0.15, 0.2) is 11.0 Å². The number of anilines is 1. The van der Waals surface area contributed by atoms with Crippen molar-refractivity contribution in [3.63, 3.8) is 0 Å². The van der Waals surface area contributed by atoms with E-state index in [1.165, 1.54) is 0 Å². The van der Waals surface area contributed by atoms with E-state index in [9.17, 15) is 8.42 Å². The van der Waals surface area contributed by atoms with Crippen LogP contribution in [0.25, 0.3) is 22.2 Å². The number of aromatic nitrogens is 4. The predicted molar refractivity (Wildman–Crippen MR) is 127 cm³/mol. The molecule has 4 rings (SSSR count). The summed E-state index contributed by atoms with van der Waals surface area (Å²) in [6.45, 7) is 0. The molecule has 0 saturated carbocycles. The van der Waals surface area contributed by atoms with Crippen molar-refractivity contribution >= 4 is 53.9 Å². The Labute approximate surface area is 188 Å². The van der Waals surface area contributed by atoms with Gasteiger partial charge in [0, 0.05) is 36.3 Å². The van der Waals surface area contributed by atoms with Crippen LogP contribution in [0, 0.1) is 5.41 Å². The first-order valence-electron chi connectivity index (χ1n) is 9.24. The van der Waals surface area contributed by atoms with Crippen LogP contribution in [-0.4, -0.2) is 37.7 Å². The summed E-state index contributed by atoms with van der Waals surface area (Å²) in [5, 5.41) is 11.9. The van der Waals surface area contributed by atoms with E-state index in [2.05, 4.69) is 24.8 Å². The minimum Gasteiger partial charge on any atom is -0.378 e. The number of sulfonamides is 1. The molecule has 10 nitrogen and oxygen atoms in total. The first-order chi connectivity index (χ1) is 15.3. The van der Waals surface area contributed by atoms with Crippen LogP contribution in [0.2, 0.25) is 0 Å². The minimum absolute atomic E-state index is 0.128. The average molecular weight is 467 g/mol. The lowest BCUT2D eigenvalue weighted by molar-refractivity contribution is 0.612. The first kappa shape index (κ1) is 21.5. The Bertz CT molecular complexity index is 1430. The number of hydrogen-bond acceptors (Lipinski definition) is 8. The van der Waals surface area contributed by atoms with Gasteiger partial charge in [-0.15, -0.1) is 0 Å². The Morgan fingerprint density at radius 1 is 1.12 bits per heavy atom. The number of nitrogens with two attached hydrogens (primary N) is 1. The number of rotatable bonds is 4. The average Bonchev–Trinajstić information content (AvgIpc) is 3.20. The normalized spacial score (nSPS) is 12.1. The molecule has 3 heterocycles. The molecule has 0 atom stereocenters. The second kappa shape index (κ2) is 8.77. The van der Waals surface area contributed by atoms with E-state index in [4.69, 9.17) is 11.1 Å². The van der Waals surface area contributed by atoms with Crippen LogP contribution in [0.1, 0.15) is 0 Å². The van der Waals surface area contributed by atoms with Crippen molar-refractivity contribution in [2.45, 2.75) is 0 Å². The van der Waals surface area contributed by atoms with Gasteiger partial charge < -0.3 is 5.73 Å². The summed E-state index contributed by atoms with van der Waals surface area (Å²) < 4.78 is 28.0. The van der Waals surface area contributed by atoms with Gasteiger partial charge in [-0.25, -0.2) is 9.98 Å². The van der Waals surface area contributed by atoms with Gasteiger partial charge >= 0.3 is 0 Å². The molecule has 0 aliphatic heterocycles. The zero-order valence-corrected chi connectivity index (χ0v) is 18.4. The maximum Gasteiger partial charge on any atom is 0.285 e. The van der Waals surface area contributed by atoms with Crippen molar-refractivity contribution in [2.75, 3.05) is 4.72 Å². The highest BCUT2D eigenvalue weighted by Crippen LogP contribution is 2.23. The van der Waals surface area contributed by atoms with Crippen LogP contribution in [0.5, 0.6) is 0 Å². The van der Waals surface area contributed by atoms with Crippen molar-refractivity contribution in [2.24, 2.45) is 17.8 Å². The first-order valence-corrected chi connectivity index (χ1v) is 11.5. The summed E-state index contributed by atoms with van der Waals surface area (Å²) in [7, 11) is -2.24. The fraction of sp³-hybridized carbons (Fsp3) is 0.0500. The number of hydrogen-bond donors (Lipinski definition) is 3. The van der Waals surface area contributed by atoms with Gasteiger partial charge in [0.05, 0.1) is 17.2 Å². The standard InChI is InChI=1S/C20H18N8O2S2/c1-28-12-14(11-24-28)13-9-17-16(23-10-13)7-8-18(25-17)26-19(21)31-20(22)32(29,30)27-15-5-3-2-4-6-15/h2-12,22,27H,1H3,(H2,21,25,26). The molecule has 0 aliphatic carbocycles. The zero-order valence-electron chi connectivity index (χ0n) is 16.8. The number of nitrogens with one attached hydrogen (secondary N) is 2. The second-order valence-corrected chi connectivity index (χ2v) is 9.55. The van der Waals surface area contributed by atoms with Crippen molar-refractivity contribution in [1.82, 2.24) is 19.7 Å². The van der Waals surface area contributed by atoms with Crippen LogP contribution in [-0.2, 0) is 17.1 Å². The SMILES string of the molecule is Cn1cc(-c2cnc3ccc(N=C(N)SC(=N)S(=O)(=O)Nc4ccccc4)nc3c2)cn1. The lowest BCUT2D eigenvalue weighted by atomic mass is 10.1. The summed E-state index contributed by atoms with van der Waals surface area (Å²) >= 11 is 0.523. The van der Waals surface area contributed by atoms with Gasteiger partial charge in [-0.1, -0.05) is 18.2 Å². The Hall–Kier alpha value is -3.77. The Morgan fingerprint density at radius 2 is 1.91 bits per heavy atom. The molecule has 0 bridgehead atoms. The Balaban J connectivity index is 1.53. The summed E-state index contributed by atoms with van der Waals surface area (Å²) in [6, 6.07) is 13.5. The number of thioether (sulfide) groups is 1. The van der Waals surface area contributed by atoms with Gasteiger partial charge in [0.25, 0.3) is 10.0 Å². The molecule has 0 aliphatic rings. The fourth-order valence-corrected chi connectivity index (χ4v) is 4.47. The summed E-state index contributed by atoms with van der Waals surface area (Å²) in [6.07, 6.45) is 5.34. The molecule has 32 heavy (non-hydrogen) atoms. The van der Waals surface area contributed by atoms with Crippen LogP contribution in [0.3, 0.4) is 0 Å². The number of aryl methyl sites for hydroxylation is 1. The van der Waals surface area contributed by atoms with Crippen molar-refractivity contribution in [3.05, 3.63) is 67.1 Å². The van der Waals surface area contributed by atoms with E-state index in [1.54, 1.807) is 59.5 Å². The molecule has 0 radical (unpaired) electrons. The quantitative estimate of drug-likeness (QED) is 0.309. The van der Waals surface area contributed by atoms with Gasteiger partial charge in [-0.2, -0.15) is 13.5 Å². The van der Waals surface area contributed by atoms with Crippen molar-refractivity contribution in [1.29, 1.82) is 5.41 Å². The molecule has 3 aromatic heterocycles. The number of pyridine rings is 2. The molecule has 12 heteroatoms. The van der Waals surface area contributed by atoms with E-state index in [-0.39, 0.29) is 11.0 Å². The van der Waals surface area contributed by atoms with Crippen LogP contribution < -0.4 is 10.5 Å². The second-order valence-electron chi connectivity index (χ2n) is 6.65. The van der Waals surface area contributed by atoms with Gasteiger partial charge in [-0.05, 0) is 42.1 Å². The minimum atomic E-state index is -4.07. The molecular weight excluding hydrogens is 448 g/mol. The molecule has 162 valence electrons. The number of para-hydroxylation sites is 1. The lowest BCUT2D eigenvalue weighted by Gasteiger charge is -2.08. The summed E-state index contributed by atoms with van der Waals surface area (Å²) in [5.41, 5.74) is 9.24. The number of benzene rings is 1. The number of aliphatic imine (C=N–C) groups is 1. The molecule has 1 aromatic carbocycles. The Morgan fingerprint density at radius 3 is 2.62 bits per heavy atom. The third kappa shape index (κ3) is 4.92. The van der Waals surface area contributed by atoms with Gasteiger partial charge in [-0.3, -0.25) is 19.8 Å². The van der Waals surface area contributed by atoms with Gasteiger partial charge in [0.2, 0.25) is 4.38 Å². The summed E-state index contributed by atoms with van der Waals surface area (Å²) in [4.78, 5) is 13.0. The monoisotopic (exact) mass is 466 g/mol. The molecule has 4 aromatic rings. The highest BCUT2D eigenvalue weighted by Gasteiger charge is 2.20. The molecular formula is C20H18N8O2S2. The molecule has 0 amide bonds. The lowest BCUT2D eigenvalue weighted by Crippen LogP contribution is -2.23. The number of amidine groups is 1. The third-order valence-corrected chi connectivity index (χ3v) is 6.64. The van der Waals surface area contributed by atoms with Crippen LogP contribution in [0.4, 0.5) is 11.5 Å². The van der Waals surface area contributed by atoms with E-state index in [0.29, 0.717) is 28.5 Å². The molecule has 0 spiro atoms. The van der Waals surface area contributed by atoms with Crippen LogP contribution in [0.15, 0.2) is 72.1 Å². The predicted octanol–water partition coefficient (Wildman–Crippen LogP) is 3.09. The van der Waals surface area contributed by atoms with E-state index in [0.717, 1.165) is 11.1 Å². The summed E-state index contributed by atoms with van der Waals surface area (Å²) in [5.74, 6) is 0.272. The molecule has 0 saturated heterocycles. The highest BCUT2D eigenvalue weighted by atomic mass is 32.3. The van der Waals surface area contributed by atoms with E-state index < -0.39 is 14.4 Å². The maximum atomic E-state index is 12.3. The number of nitrogens with zero attached hydrogens (tertiary/aromatic N) is 5. The largest absolute Gasteiger partial charge is 0.378 e. The highest BCUT2D eigenvalue weighted by molar-refractivity contribution is 8.42. The number of fused-ring (bicyclic) bond motifs is 1. The molecule has 4 N–H and O–H groups in total.